The van der Waals surface area contributed by atoms with Crippen LogP contribution in [0.5, 0.6) is 0 Å². The van der Waals surface area contributed by atoms with Gasteiger partial charge in [0.1, 0.15) is 6.10 Å². The fourth-order valence-electron chi connectivity index (χ4n) is 1.68. The van der Waals surface area contributed by atoms with Gasteiger partial charge in [0.2, 0.25) is 5.89 Å². The van der Waals surface area contributed by atoms with E-state index in [0.29, 0.717) is 24.9 Å². The van der Waals surface area contributed by atoms with Crippen LogP contribution in [0.4, 0.5) is 0 Å². The molecule has 90 valence electrons. The Bertz CT molecular complexity index is 342. The van der Waals surface area contributed by atoms with Crippen molar-refractivity contribution in [3.63, 3.8) is 0 Å². The summed E-state index contributed by atoms with van der Waals surface area (Å²) in [7, 11) is 1.61. The summed E-state index contributed by atoms with van der Waals surface area (Å²) in [6, 6.07) is 0.0277. The van der Waals surface area contributed by atoms with Crippen LogP contribution in [0.25, 0.3) is 0 Å². The van der Waals surface area contributed by atoms with Gasteiger partial charge in [0, 0.05) is 19.8 Å². The lowest BCUT2D eigenvalue weighted by Crippen LogP contribution is -2.37. The molecule has 1 aliphatic heterocycles. The second-order valence-corrected chi connectivity index (χ2v) is 4.00. The number of nitrogens with two attached hydrogens (primary N) is 1. The molecule has 2 heterocycles. The van der Waals surface area contributed by atoms with Crippen LogP contribution in [0.2, 0.25) is 0 Å². The van der Waals surface area contributed by atoms with Crippen LogP contribution in [0.3, 0.4) is 0 Å². The number of hydrogen-bond acceptors (Lipinski definition) is 6. The molecular formula is C10H17N3O3. The quantitative estimate of drug-likeness (QED) is 0.814. The summed E-state index contributed by atoms with van der Waals surface area (Å²) >= 11 is 0. The zero-order valence-corrected chi connectivity index (χ0v) is 9.55. The highest BCUT2D eigenvalue weighted by Gasteiger charge is 2.29. The van der Waals surface area contributed by atoms with E-state index in [9.17, 15) is 0 Å². The van der Waals surface area contributed by atoms with E-state index in [2.05, 4.69) is 10.1 Å². The smallest absolute Gasteiger partial charge is 0.233 e. The summed E-state index contributed by atoms with van der Waals surface area (Å²) in [6.45, 7) is 3.11. The van der Waals surface area contributed by atoms with E-state index < -0.39 is 0 Å². The number of hydrogen-bond donors (Lipinski definition) is 1. The Kier molecular flexibility index (Phi) is 3.52. The molecule has 1 fully saturated rings. The molecular weight excluding hydrogens is 210 g/mol. The highest BCUT2D eigenvalue weighted by molar-refractivity contribution is 5.01. The molecule has 1 aromatic rings. The SMILES string of the molecule is COC(C)c1noc(C2COCCC2N)n1. The van der Waals surface area contributed by atoms with E-state index >= 15 is 0 Å². The minimum Gasteiger partial charge on any atom is -0.381 e. The van der Waals surface area contributed by atoms with Gasteiger partial charge in [-0.25, -0.2) is 0 Å². The fourth-order valence-corrected chi connectivity index (χ4v) is 1.68. The van der Waals surface area contributed by atoms with Crippen molar-refractivity contribution in [2.45, 2.75) is 31.4 Å². The summed E-state index contributed by atoms with van der Waals surface area (Å²) in [6.07, 6.45) is 0.653. The average molecular weight is 227 g/mol. The van der Waals surface area contributed by atoms with E-state index in [1.165, 1.54) is 0 Å². The summed E-state index contributed by atoms with van der Waals surface area (Å²) in [5, 5.41) is 3.87. The van der Waals surface area contributed by atoms with Crippen molar-refractivity contribution in [2.24, 2.45) is 5.73 Å². The Labute approximate surface area is 94.1 Å². The van der Waals surface area contributed by atoms with E-state index in [1.54, 1.807) is 7.11 Å². The Morgan fingerprint density at radius 3 is 3.06 bits per heavy atom. The van der Waals surface area contributed by atoms with Gasteiger partial charge in [0.25, 0.3) is 0 Å². The Balaban J connectivity index is 2.11. The first-order valence-electron chi connectivity index (χ1n) is 5.42. The maximum Gasteiger partial charge on any atom is 0.233 e. The molecule has 1 aliphatic rings. The second-order valence-electron chi connectivity index (χ2n) is 4.00. The fraction of sp³-hybridized carbons (Fsp3) is 0.800. The molecule has 0 saturated carbocycles. The Morgan fingerprint density at radius 1 is 1.56 bits per heavy atom. The Hall–Kier alpha value is -0.980. The van der Waals surface area contributed by atoms with Gasteiger partial charge in [0.05, 0.1) is 12.5 Å². The molecule has 6 heteroatoms. The van der Waals surface area contributed by atoms with Crippen LogP contribution >= 0.6 is 0 Å². The molecule has 0 radical (unpaired) electrons. The predicted molar refractivity (Wildman–Crippen MR) is 55.9 cm³/mol. The first kappa shape index (κ1) is 11.5. The number of ether oxygens (including phenoxy) is 2. The third kappa shape index (κ3) is 2.23. The molecule has 0 spiro atoms. The molecule has 2 N–H and O–H groups in total. The molecule has 0 aromatic carbocycles. The van der Waals surface area contributed by atoms with Gasteiger partial charge in [-0.05, 0) is 13.3 Å². The third-order valence-corrected chi connectivity index (χ3v) is 2.90. The highest BCUT2D eigenvalue weighted by atomic mass is 16.5. The van der Waals surface area contributed by atoms with Crippen molar-refractivity contribution >= 4 is 0 Å². The lowest BCUT2D eigenvalue weighted by atomic mass is 9.97. The van der Waals surface area contributed by atoms with Gasteiger partial charge in [0.15, 0.2) is 5.82 Å². The zero-order valence-electron chi connectivity index (χ0n) is 9.55. The van der Waals surface area contributed by atoms with Gasteiger partial charge >= 0.3 is 0 Å². The van der Waals surface area contributed by atoms with Crippen molar-refractivity contribution in [2.75, 3.05) is 20.3 Å². The number of nitrogens with zero attached hydrogens (tertiary/aromatic N) is 2. The molecule has 0 bridgehead atoms. The monoisotopic (exact) mass is 227 g/mol. The van der Waals surface area contributed by atoms with Crippen LogP contribution in [-0.2, 0) is 9.47 Å². The van der Waals surface area contributed by atoms with Crippen LogP contribution < -0.4 is 5.73 Å². The molecule has 6 nitrogen and oxygen atoms in total. The summed E-state index contributed by atoms with van der Waals surface area (Å²) in [4.78, 5) is 4.29. The molecule has 0 aliphatic carbocycles. The number of aromatic nitrogens is 2. The van der Waals surface area contributed by atoms with Crippen molar-refractivity contribution in [1.29, 1.82) is 0 Å². The third-order valence-electron chi connectivity index (χ3n) is 2.90. The molecule has 16 heavy (non-hydrogen) atoms. The first-order valence-corrected chi connectivity index (χ1v) is 5.42. The standard InChI is InChI=1S/C10H17N3O3/c1-6(14-2)9-12-10(16-13-9)7-5-15-4-3-8(7)11/h6-8H,3-5,11H2,1-2H3. The van der Waals surface area contributed by atoms with Crippen LogP contribution in [-0.4, -0.2) is 36.5 Å². The topological polar surface area (TPSA) is 83.4 Å². The van der Waals surface area contributed by atoms with Crippen molar-refractivity contribution < 1.29 is 14.0 Å². The van der Waals surface area contributed by atoms with Gasteiger partial charge in [-0.1, -0.05) is 5.16 Å². The van der Waals surface area contributed by atoms with Gasteiger partial charge in [-0.3, -0.25) is 0 Å². The summed E-state index contributed by atoms with van der Waals surface area (Å²) in [5.74, 6) is 1.10. The largest absolute Gasteiger partial charge is 0.381 e. The number of rotatable bonds is 3. The maximum atomic E-state index is 5.99. The van der Waals surface area contributed by atoms with E-state index in [4.69, 9.17) is 19.7 Å². The minimum atomic E-state index is -0.168. The average Bonchev–Trinajstić information content (AvgIpc) is 2.78. The van der Waals surface area contributed by atoms with Crippen molar-refractivity contribution in [3.8, 4) is 0 Å². The summed E-state index contributed by atoms with van der Waals surface area (Å²) in [5.41, 5.74) is 5.99. The highest BCUT2D eigenvalue weighted by Crippen LogP contribution is 2.24. The normalized spacial score (nSPS) is 27.9. The van der Waals surface area contributed by atoms with Gasteiger partial charge in [-0.2, -0.15) is 4.98 Å². The molecule has 3 atom stereocenters. The van der Waals surface area contributed by atoms with E-state index in [-0.39, 0.29) is 18.1 Å². The first-order chi connectivity index (χ1) is 7.72. The lowest BCUT2D eigenvalue weighted by Gasteiger charge is -2.25. The summed E-state index contributed by atoms with van der Waals surface area (Å²) < 4.78 is 15.7. The molecule has 2 rings (SSSR count). The van der Waals surface area contributed by atoms with Crippen LogP contribution in [0, 0.1) is 0 Å². The molecule has 0 amide bonds. The van der Waals surface area contributed by atoms with E-state index in [0.717, 1.165) is 6.42 Å². The van der Waals surface area contributed by atoms with Crippen LogP contribution in [0.15, 0.2) is 4.52 Å². The number of methoxy groups -OCH3 is 1. The van der Waals surface area contributed by atoms with Gasteiger partial charge in [-0.15, -0.1) is 0 Å². The second kappa shape index (κ2) is 4.90. The van der Waals surface area contributed by atoms with Crippen LogP contribution in [0.1, 0.15) is 37.1 Å². The molecule has 3 unspecified atom stereocenters. The Morgan fingerprint density at radius 2 is 2.38 bits per heavy atom. The zero-order chi connectivity index (χ0) is 11.5. The van der Waals surface area contributed by atoms with E-state index in [1.807, 2.05) is 6.92 Å². The van der Waals surface area contributed by atoms with Gasteiger partial charge < -0.3 is 19.7 Å². The molecule has 1 saturated heterocycles. The predicted octanol–water partition coefficient (Wildman–Crippen LogP) is 0.608. The lowest BCUT2D eigenvalue weighted by molar-refractivity contribution is 0.0590. The van der Waals surface area contributed by atoms with Crippen molar-refractivity contribution in [1.82, 2.24) is 10.1 Å². The maximum absolute atomic E-state index is 5.99. The molecule has 1 aromatic heterocycles. The minimum absolute atomic E-state index is 0.000874. The van der Waals surface area contributed by atoms with Crippen molar-refractivity contribution in [3.05, 3.63) is 11.7 Å².